The molecule has 0 spiro atoms. The molecule has 20 heavy (non-hydrogen) atoms. The summed E-state index contributed by atoms with van der Waals surface area (Å²) in [7, 11) is 0. The molecule has 3 N–H and O–H groups in total. The highest BCUT2D eigenvalue weighted by Gasteiger charge is 2.39. The van der Waals surface area contributed by atoms with E-state index in [1.165, 1.54) is 0 Å². The van der Waals surface area contributed by atoms with Crippen molar-refractivity contribution in [2.75, 3.05) is 19.8 Å². The zero-order chi connectivity index (χ0) is 13.7. The smallest absolute Gasteiger partial charge is 0.228 e. The molecule has 1 aromatic rings. The summed E-state index contributed by atoms with van der Waals surface area (Å²) < 4.78 is 5.32. The van der Waals surface area contributed by atoms with Gasteiger partial charge in [-0.1, -0.05) is 6.07 Å². The molecule has 1 aliphatic rings. The fourth-order valence-corrected chi connectivity index (χ4v) is 2.35. The molecule has 112 valence electrons. The van der Waals surface area contributed by atoms with Crippen molar-refractivity contribution in [3.05, 3.63) is 30.1 Å². The predicted molar refractivity (Wildman–Crippen MR) is 79.6 cm³/mol. The first kappa shape index (κ1) is 16.9. The van der Waals surface area contributed by atoms with Crippen molar-refractivity contribution >= 4 is 18.3 Å². The lowest BCUT2D eigenvalue weighted by Crippen LogP contribution is -2.49. The zero-order valence-corrected chi connectivity index (χ0v) is 12.5. The van der Waals surface area contributed by atoms with E-state index >= 15 is 0 Å². The monoisotopic (exact) mass is 299 g/mol. The number of rotatable bonds is 4. The molecule has 2 rings (SSSR count). The van der Waals surface area contributed by atoms with E-state index in [4.69, 9.17) is 10.5 Å². The Balaban J connectivity index is 0.00000200. The predicted octanol–water partition coefficient (Wildman–Crippen LogP) is 1.44. The molecule has 0 saturated carbocycles. The molecule has 1 amide bonds. The molecule has 0 aliphatic carbocycles. The summed E-state index contributed by atoms with van der Waals surface area (Å²) >= 11 is 0. The Morgan fingerprint density at radius 1 is 1.55 bits per heavy atom. The lowest BCUT2D eigenvalue weighted by Gasteiger charge is -2.35. The van der Waals surface area contributed by atoms with E-state index in [-0.39, 0.29) is 24.4 Å². The van der Waals surface area contributed by atoms with Crippen LogP contribution in [0, 0.1) is 5.41 Å². The van der Waals surface area contributed by atoms with E-state index in [1.807, 2.05) is 19.1 Å². The molecule has 1 unspecified atom stereocenters. The molecule has 1 aromatic heterocycles. The van der Waals surface area contributed by atoms with Crippen molar-refractivity contribution in [3.63, 3.8) is 0 Å². The first-order chi connectivity index (χ1) is 9.18. The van der Waals surface area contributed by atoms with Crippen LogP contribution in [-0.4, -0.2) is 30.6 Å². The molecule has 1 fully saturated rings. The minimum absolute atomic E-state index is 0. The number of hydrogen-bond donors (Lipinski definition) is 2. The Labute approximate surface area is 125 Å². The summed E-state index contributed by atoms with van der Waals surface area (Å²) in [5.74, 6) is 0.0228. The fraction of sp³-hybridized carbons (Fsp3) is 0.571. The quantitative estimate of drug-likeness (QED) is 0.882. The van der Waals surface area contributed by atoms with Crippen LogP contribution < -0.4 is 11.1 Å². The van der Waals surface area contributed by atoms with E-state index in [9.17, 15) is 4.79 Å². The Morgan fingerprint density at radius 2 is 2.25 bits per heavy atom. The summed E-state index contributed by atoms with van der Waals surface area (Å²) in [4.78, 5) is 16.5. The number of pyridine rings is 1. The van der Waals surface area contributed by atoms with Crippen LogP contribution in [0.15, 0.2) is 24.5 Å². The van der Waals surface area contributed by atoms with Gasteiger partial charge in [-0.25, -0.2) is 0 Å². The highest BCUT2D eigenvalue weighted by Crippen LogP contribution is 2.30. The van der Waals surface area contributed by atoms with Crippen LogP contribution >= 0.6 is 12.4 Å². The fourth-order valence-electron chi connectivity index (χ4n) is 2.35. The highest BCUT2D eigenvalue weighted by atomic mass is 35.5. The largest absolute Gasteiger partial charge is 0.381 e. The molecule has 1 aliphatic heterocycles. The average molecular weight is 300 g/mol. The van der Waals surface area contributed by atoms with Crippen LogP contribution in [0.2, 0.25) is 0 Å². The molecule has 1 saturated heterocycles. The van der Waals surface area contributed by atoms with Gasteiger partial charge in [0.15, 0.2) is 0 Å². The average Bonchev–Trinajstić information content (AvgIpc) is 2.48. The molecular formula is C14H22ClN3O2. The van der Waals surface area contributed by atoms with Gasteiger partial charge < -0.3 is 15.8 Å². The SMILES string of the molecule is CC(NC(=O)C1(CN)CCOCC1)c1cccnc1.Cl. The van der Waals surface area contributed by atoms with Crippen molar-refractivity contribution < 1.29 is 9.53 Å². The summed E-state index contributed by atoms with van der Waals surface area (Å²) in [6.45, 7) is 3.53. The van der Waals surface area contributed by atoms with Crippen molar-refractivity contribution in [3.8, 4) is 0 Å². The van der Waals surface area contributed by atoms with E-state index in [0.29, 0.717) is 32.6 Å². The third-order valence-electron chi connectivity index (χ3n) is 3.85. The third-order valence-corrected chi connectivity index (χ3v) is 3.85. The Bertz CT molecular complexity index is 422. The summed E-state index contributed by atoms with van der Waals surface area (Å²) in [6, 6.07) is 3.76. The van der Waals surface area contributed by atoms with Gasteiger partial charge in [0.05, 0.1) is 11.5 Å². The standard InChI is InChI=1S/C14H21N3O2.ClH/c1-11(12-3-2-6-16-9-12)17-13(18)14(10-15)4-7-19-8-5-14;/h2-3,6,9,11H,4-5,7-8,10,15H2,1H3,(H,17,18);1H. The Kier molecular flexibility index (Phi) is 6.39. The molecule has 0 bridgehead atoms. The summed E-state index contributed by atoms with van der Waals surface area (Å²) in [5.41, 5.74) is 6.34. The van der Waals surface area contributed by atoms with E-state index in [0.717, 1.165) is 5.56 Å². The number of nitrogens with two attached hydrogens (primary N) is 1. The number of nitrogens with one attached hydrogen (secondary N) is 1. The summed E-state index contributed by atoms with van der Waals surface area (Å²) in [5, 5.41) is 3.04. The van der Waals surface area contributed by atoms with Crippen LogP contribution in [-0.2, 0) is 9.53 Å². The first-order valence-corrected chi connectivity index (χ1v) is 6.67. The van der Waals surface area contributed by atoms with Crippen LogP contribution in [0.4, 0.5) is 0 Å². The van der Waals surface area contributed by atoms with Gasteiger partial charge in [-0.3, -0.25) is 9.78 Å². The molecule has 0 radical (unpaired) electrons. The first-order valence-electron chi connectivity index (χ1n) is 6.67. The lowest BCUT2D eigenvalue weighted by atomic mass is 9.79. The zero-order valence-electron chi connectivity index (χ0n) is 11.7. The number of aromatic nitrogens is 1. The van der Waals surface area contributed by atoms with Crippen LogP contribution in [0.3, 0.4) is 0 Å². The van der Waals surface area contributed by atoms with E-state index in [2.05, 4.69) is 10.3 Å². The van der Waals surface area contributed by atoms with Gasteiger partial charge in [-0.05, 0) is 31.4 Å². The van der Waals surface area contributed by atoms with Crippen molar-refractivity contribution in [2.24, 2.45) is 11.1 Å². The molecule has 6 heteroatoms. The lowest BCUT2D eigenvalue weighted by molar-refractivity contribution is -0.136. The second kappa shape index (κ2) is 7.57. The maximum absolute atomic E-state index is 12.5. The number of halogens is 1. The maximum atomic E-state index is 12.5. The van der Waals surface area contributed by atoms with Crippen molar-refractivity contribution in [1.29, 1.82) is 0 Å². The van der Waals surface area contributed by atoms with Gasteiger partial charge >= 0.3 is 0 Å². The molecule has 5 nitrogen and oxygen atoms in total. The number of nitrogens with zero attached hydrogens (tertiary/aromatic N) is 1. The van der Waals surface area contributed by atoms with Gasteiger partial charge in [-0.15, -0.1) is 12.4 Å². The topological polar surface area (TPSA) is 77.2 Å². The van der Waals surface area contributed by atoms with Crippen molar-refractivity contribution in [1.82, 2.24) is 10.3 Å². The van der Waals surface area contributed by atoms with Crippen LogP contribution in [0.1, 0.15) is 31.4 Å². The van der Waals surface area contributed by atoms with Crippen molar-refractivity contribution in [2.45, 2.75) is 25.8 Å². The Morgan fingerprint density at radius 3 is 2.80 bits per heavy atom. The molecule has 2 heterocycles. The van der Waals surface area contributed by atoms with Gasteiger partial charge in [0.2, 0.25) is 5.91 Å². The number of amides is 1. The van der Waals surface area contributed by atoms with E-state index < -0.39 is 5.41 Å². The third kappa shape index (κ3) is 3.69. The maximum Gasteiger partial charge on any atom is 0.228 e. The number of carbonyl (C=O) groups is 1. The minimum Gasteiger partial charge on any atom is -0.381 e. The molecule has 1 atom stereocenters. The highest BCUT2D eigenvalue weighted by molar-refractivity contribution is 5.85. The molecule has 0 aromatic carbocycles. The van der Waals surface area contributed by atoms with Crippen LogP contribution in [0.25, 0.3) is 0 Å². The second-order valence-electron chi connectivity index (χ2n) is 5.08. The number of hydrogen-bond acceptors (Lipinski definition) is 4. The Hall–Kier alpha value is -1.17. The second-order valence-corrected chi connectivity index (χ2v) is 5.08. The minimum atomic E-state index is -0.477. The normalized spacial score (nSPS) is 18.7. The van der Waals surface area contributed by atoms with Crippen LogP contribution in [0.5, 0.6) is 0 Å². The van der Waals surface area contributed by atoms with E-state index in [1.54, 1.807) is 12.4 Å². The number of ether oxygens (including phenoxy) is 1. The van der Waals surface area contributed by atoms with Gasteiger partial charge in [-0.2, -0.15) is 0 Å². The van der Waals surface area contributed by atoms with Gasteiger partial charge in [0.25, 0.3) is 0 Å². The number of carbonyl (C=O) groups excluding carboxylic acids is 1. The van der Waals surface area contributed by atoms with Gasteiger partial charge in [0, 0.05) is 32.2 Å². The summed E-state index contributed by atoms with van der Waals surface area (Å²) in [6.07, 6.45) is 4.87. The molecular weight excluding hydrogens is 278 g/mol. The van der Waals surface area contributed by atoms with Gasteiger partial charge in [0.1, 0.15) is 0 Å².